The highest BCUT2D eigenvalue weighted by Gasteiger charge is 2.13. The molecule has 0 radical (unpaired) electrons. The van der Waals surface area contributed by atoms with Crippen LogP contribution in [-0.4, -0.2) is 4.98 Å². The topological polar surface area (TPSA) is 12.9 Å². The van der Waals surface area contributed by atoms with E-state index in [1.807, 2.05) is 11.3 Å². The number of thiazole rings is 1. The first-order valence-electron chi connectivity index (χ1n) is 7.61. The molecular formula is C20H17NS. The fraction of sp³-hybridized carbons (Fsp3) is 0.150. The second-order valence-corrected chi connectivity index (χ2v) is 6.75. The van der Waals surface area contributed by atoms with Gasteiger partial charge in [-0.15, -0.1) is 11.3 Å². The maximum atomic E-state index is 4.92. The van der Waals surface area contributed by atoms with Crippen LogP contribution >= 0.6 is 11.3 Å². The van der Waals surface area contributed by atoms with Gasteiger partial charge in [0.2, 0.25) is 0 Å². The molecule has 0 bridgehead atoms. The van der Waals surface area contributed by atoms with Crippen LogP contribution in [0.15, 0.2) is 60.7 Å². The lowest BCUT2D eigenvalue weighted by Crippen LogP contribution is -1.90. The second-order valence-electron chi connectivity index (χ2n) is 5.67. The molecule has 0 atom stereocenters. The van der Waals surface area contributed by atoms with Gasteiger partial charge >= 0.3 is 0 Å². The summed E-state index contributed by atoms with van der Waals surface area (Å²) in [4.78, 5) is 6.32. The van der Waals surface area contributed by atoms with Crippen molar-refractivity contribution in [3.8, 4) is 10.6 Å². The summed E-state index contributed by atoms with van der Waals surface area (Å²) in [6.07, 6.45) is 10.6. The molecule has 1 nitrogen and oxygen atoms in total. The van der Waals surface area contributed by atoms with Gasteiger partial charge in [0.15, 0.2) is 0 Å². The van der Waals surface area contributed by atoms with Crippen LogP contribution < -0.4 is 0 Å². The van der Waals surface area contributed by atoms with E-state index in [0.29, 0.717) is 0 Å². The summed E-state index contributed by atoms with van der Waals surface area (Å²) >= 11 is 1.84. The Morgan fingerprint density at radius 3 is 2.50 bits per heavy atom. The number of hydrogen-bond donors (Lipinski definition) is 0. The lowest BCUT2D eigenvalue weighted by Gasteiger charge is -2.05. The summed E-state index contributed by atoms with van der Waals surface area (Å²) in [6.45, 7) is 2.18. The number of rotatable bonds is 1. The molecule has 0 N–H and O–H groups in total. The quantitative estimate of drug-likeness (QED) is 0.580. The van der Waals surface area contributed by atoms with Crippen molar-refractivity contribution in [2.45, 2.75) is 19.8 Å². The third kappa shape index (κ3) is 2.40. The highest BCUT2D eigenvalue weighted by molar-refractivity contribution is 7.15. The third-order valence-corrected chi connectivity index (χ3v) is 5.25. The molecule has 0 fully saturated rings. The van der Waals surface area contributed by atoms with Crippen molar-refractivity contribution in [2.75, 3.05) is 0 Å². The van der Waals surface area contributed by atoms with E-state index in [-0.39, 0.29) is 0 Å². The fourth-order valence-corrected chi connectivity index (χ4v) is 4.06. The molecule has 0 saturated carbocycles. The maximum Gasteiger partial charge on any atom is 0.124 e. The van der Waals surface area contributed by atoms with Gasteiger partial charge in [-0.25, -0.2) is 4.98 Å². The average molecular weight is 303 g/mol. The van der Waals surface area contributed by atoms with Gasteiger partial charge in [-0.2, -0.15) is 0 Å². The molecule has 4 rings (SSSR count). The maximum absolute atomic E-state index is 4.92. The fourth-order valence-electron chi connectivity index (χ4n) is 2.91. The molecule has 0 amide bonds. The van der Waals surface area contributed by atoms with Crippen molar-refractivity contribution in [3.63, 3.8) is 0 Å². The molecule has 0 saturated heterocycles. The van der Waals surface area contributed by atoms with E-state index in [4.69, 9.17) is 4.98 Å². The Hall–Kier alpha value is -2.19. The Morgan fingerprint density at radius 1 is 0.955 bits per heavy atom. The molecule has 1 aromatic heterocycles. The summed E-state index contributed by atoms with van der Waals surface area (Å²) in [5.41, 5.74) is 3.79. The molecule has 1 aliphatic carbocycles. The summed E-state index contributed by atoms with van der Waals surface area (Å²) in [5, 5.41) is 3.73. The Morgan fingerprint density at radius 2 is 1.68 bits per heavy atom. The molecule has 0 spiro atoms. The van der Waals surface area contributed by atoms with Gasteiger partial charge in [0.1, 0.15) is 5.01 Å². The Kier molecular flexibility index (Phi) is 3.39. The van der Waals surface area contributed by atoms with E-state index in [1.165, 1.54) is 32.5 Å². The van der Waals surface area contributed by atoms with E-state index in [0.717, 1.165) is 17.8 Å². The highest BCUT2D eigenvalue weighted by Crippen LogP contribution is 2.34. The number of benzene rings is 2. The average Bonchev–Trinajstić information content (AvgIpc) is 2.88. The van der Waals surface area contributed by atoms with E-state index in [2.05, 4.69) is 67.6 Å². The van der Waals surface area contributed by atoms with Crippen molar-refractivity contribution in [2.24, 2.45) is 0 Å². The smallest absolute Gasteiger partial charge is 0.124 e. The number of fused-ring (bicyclic) bond motifs is 2. The summed E-state index contributed by atoms with van der Waals surface area (Å²) in [5.74, 6) is 0. The number of allylic oxidation sites excluding steroid dienone is 4. The molecule has 0 unspecified atom stereocenters. The van der Waals surface area contributed by atoms with Gasteiger partial charge in [-0.3, -0.25) is 0 Å². The first-order chi connectivity index (χ1) is 10.8. The minimum atomic E-state index is 0.933. The minimum Gasteiger partial charge on any atom is -0.240 e. The van der Waals surface area contributed by atoms with Crippen LogP contribution in [0.2, 0.25) is 0 Å². The monoisotopic (exact) mass is 303 g/mol. The standard InChI is InChI=1S/C20H17NS/c1-14-12-15-8-6-7-9-16(15)13-17(14)20-21-18-10-4-2-3-5-11-19(18)22-20/h2-9,12-13H,10-11H2,1H3/b4-2-,5-3-. The molecule has 2 heteroatoms. The third-order valence-electron chi connectivity index (χ3n) is 4.10. The summed E-state index contributed by atoms with van der Waals surface area (Å²) in [6, 6.07) is 13.1. The van der Waals surface area contributed by atoms with Crippen LogP contribution in [-0.2, 0) is 12.8 Å². The zero-order chi connectivity index (χ0) is 14.9. The summed E-state index contributed by atoms with van der Waals surface area (Å²) in [7, 11) is 0. The zero-order valence-corrected chi connectivity index (χ0v) is 13.4. The highest BCUT2D eigenvalue weighted by atomic mass is 32.1. The van der Waals surface area contributed by atoms with Crippen LogP contribution in [0, 0.1) is 6.92 Å². The molecular weight excluding hydrogens is 286 g/mol. The largest absolute Gasteiger partial charge is 0.240 e. The Bertz CT molecular complexity index is 868. The van der Waals surface area contributed by atoms with E-state index in [9.17, 15) is 0 Å². The van der Waals surface area contributed by atoms with Gasteiger partial charge in [0.05, 0.1) is 5.69 Å². The van der Waals surface area contributed by atoms with Crippen LogP contribution in [0.25, 0.3) is 21.3 Å². The van der Waals surface area contributed by atoms with E-state index in [1.54, 1.807) is 0 Å². The van der Waals surface area contributed by atoms with Crippen molar-refractivity contribution in [1.29, 1.82) is 0 Å². The van der Waals surface area contributed by atoms with Crippen molar-refractivity contribution in [1.82, 2.24) is 4.98 Å². The van der Waals surface area contributed by atoms with E-state index >= 15 is 0 Å². The van der Waals surface area contributed by atoms with Gasteiger partial charge in [0.25, 0.3) is 0 Å². The van der Waals surface area contributed by atoms with Crippen LogP contribution in [0.1, 0.15) is 16.1 Å². The molecule has 1 heterocycles. The predicted molar refractivity (Wildman–Crippen MR) is 95.5 cm³/mol. The Labute approximate surface area is 134 Å². The van der Waals surface area contributed by atoms with Gasteiger partial charge < -0.3 is 0 Å². The number of hydrogen-bond acceptors (Lipinski definition) is 2. The van der Waals surface area contributed by atoms with Crippen molar-refractivity contribution >= 4 is 22.1 Å². The van der Waals surface area contributed by atoms with Gasteiger partial charge in [0, 0.05) is 23.3 Å². The lowest BCUT2D eigenvalue weighted by atomic mass is 10.0. The Balaban J connectivity index is 1.85. The lowest BCUT2D eigenvalue weighted by molar-refractivity contribution is 1.09. The zero-order valence-electron chi connectivity index (χ0n) is 12.5. The van der Waals surface area contributed by atoms with Crippen LogP contribution in [0.3, 0.4) is 0 Å². The molecule has 108 valence electrons. The first-order valence-corrected chi connectivity index (χ1v) is 8.43. The molecule has 0 aliphatic heterocycles. The number of aromatic nitrogens is 1. The predicted octanol–water partition coefficient (Wildman–Crippen LogP) is 5.48. The molecule has 1 aliphatic rings. The normalized spacial score (nSPS) is 16.8. The van der Waals surface area contributed by atoms with Crippen molar-refractivity contribution in [3.05, 3.63) is 76.8 Å². The van der Waals surface area contributed by atoms with Crippen molar-refractivity contribution < 1.29 is 0 Å². The minimum absolute atomic E-state index is 0.933. The van der Waals surface area contributed by atoms with Crippen LogP contribution in [0.5, 0.6) is 0 Å². The van der Waals surface area contributed by atoms with Gasteiger partial charge in [-0.05, 0) is 29.3 Å². The number of aryl methyl sites for hydroxylation is 1. The summed E-state index contributed by atoms with van der Waals surface area (Å²) < 4.78 is 0. The molecule has 2 aromatic carbocycles. The van der Waals surface area contributed by atoms with Crippen LogP contribution in [0.4, 0.5) is 0 Å². The van der Waals surface area contributed by atoms with E-state index < -0.39 is 0 Å². The molecule has 3 aromatic rings. The first kappa shape index (κ1) is 13.5. The molecule has 22 heavy (non-hydrogen) atoms. The second kappa shape index (κ2) is 5.54. The number of nitrogens with zero attached hydrogens (tertiary/aromatic N) is 1. The van der Waals surface area contributed by atoms with Gasteiger partial charge in [-0.1, -0.05) is 54.6 Å². The SMILES string of the molecule is Cc1cc2ccccc2cc1-c1nc2c(s1)C/C=C\C=C/C2.